The van der Waals surface area contributed by atoms with Gasteiger partial charge in [-0.15, -0.1) is 0 Å². The summed E-state index contributed by atoms with van der Waals surface area (Å²) in [5, 5.41) is 0. The molecular formula is C14H14F6O3S2. The Kier molecular flexibility index (Phi) is 4.76. The first-order valence-electron chi connectivity index (χ1n) is 6.88. The molecule has 1 unspecified atom stereocenters. The third-order valence-electron chi connectivity index (χ3n) is 3.58. The number of hydrogen-bond donors (Lipinski definition) is 0. The Labute approximate surface area is 142 Å². The molecule has 0 N–H and O–H groups in total. The number of alkyl halides is 6. The summed E-state index contributed by atoms with van der Waals surface area (Å²) in [5.41, 5.74) is -10.9. The molecule has 0 saturated carbocycles. The van der Waals surface area contributed by atoms with Gasteiger partial charge < -0.3 is 0 Å². The lowest BCUT2D eigenvalue weighted by molar-refractivity contribution is -0.0547. The predicted molar refractivity (Wildman–Crippen MR) is 82.0 cm³/mol. The molecule has 0 spiro atoms. The maximum atomic E-state index is 14.0. The van der Waals surface area contributed by atoms with Crippen LogP contribution in [0.1, 0.15) is 25.0 Å². The van der Waals surface area contributed by atoms with E-state index in [4.69, 9.17) is 0 Å². The maximum Gasteiger partial charge on any atom is 0.523 e. The molecule has 0 radical (unpaired) electrons. The molecule has 25 heavy (non-hydrogen) atoms. The predicted octanol–water partition coefficient (Wildman–Crippen LogP) is 5.47. The van der Waals surface area contributed by atoms with E-state index in [1.54, 1.807) is 0 Å². The van der Waals surface area contributed by atoms with Crippen molar-refractivity contribution >= 4 is 26.5 Å². The van der Waals surface area contributed by atoms with E-state index < -0.39 is 47.2 Å². The fourth-order valence-electron chi connectivity index (χ4n) is 2.49. The van der Waals surface area contributed by atoms with E-state index in [2.05, 4.69) is 3.63 Å². The Hall–Kier alpha value is -1.20. The van der Waals surface area contributed by atoms with Crippen LogP contribution in [0.15, 0.2) is 28.0 Å². The van der Waals surface area contributed by atoms with Gasteiger partial charge in [-0.05, 0) is 36.1 Å². The van der Waals surface area contributed by atoms with Crippen molar-refractivity contribution in [3.63, 3.8) is 0 Å². The SMILES string of the molecule is Cc1cccc2c1C=C(C(C)C)S2(OS(=O)(=O)C(F)(F)F)C(F)(F)F. The molecule has 3 nitrogen and oxygen atoms in total. The Balaban J connectivity index is 2.86. The summed E-state index contributed by atoms with van der Waals surface area (Å²) in [6, 6.07) is 3.67. The van der Waals surface area contributed by atoms with Gasteiger partial charge in [0.05, 0.1) is 0 Å². The second-order valence-corrected chi connectivity index (χ2v) is 10.1. The van der Waals surface area contributed by atoms with Gasteiger partial charge >= 0.3 is 21.1 Å². The van der Waals surface area contributed by atoms with Gasteiger partial charge in [-0.1, -0.05) is 26.0 Å². The van der Waals surface area contributed by atoms with Gasteiger partial charge in [0.25, 0.3) is 0 Å². The lowest BCUT2D eigenvalue weighted by atomic mass is 10.1. The zero-order valence-electron chi connectivity index (χ0n) is 13.2. The molecule has 1 aromatic rings. The van der Waals surface area contributed by atoms with E-state index in [9.17, 15) is 34.8 Å². The van der Waals surface area contributed by atoms with Crippen LogP contribution < -0.4 is 0 Å². The van der Waals surface area contributed by atoms with E-state index >= 15 is 0 Å². The third kappa shape index (κ3) is 3.06. The molecule has 0 bridgehead atoms. The van der Waals surface area contributed by atoms with Crippen molar-refractivity contribution in [2.75, 3.05) is 0 Å². The maximum absolute atomic E-state index is 14.0. The van der Waals surface area contributed by atoms with Crippen molar-refractivity contribution < 1.29 is 38.4 Å². The highest BCUT2D eigenvalue weighted by Gasteiger charge is 2.64. The molecular weight excluding hydrogens is 394 g/mol. The Bertz CT molecular complexity index is 824. The first-order chi connectivity index (χ1) is 11.1. The average Bonchev–Trinajstić information content (AvgIpc) is 2.74. The molecule has 142 valence electrons. The third-order valence-corrected chi connectivity index (χ3v) is 8.56. The first kappa shape index (κ1) is 20.1. The largest absolute Gasteiger partial charge is 0.523 e. The van der Waals surface area contributed by atoms with E-state index in [0.29, 0.717) is 5.56 Å². The summed E-state index contributed by atoms with van der Waals surface area (Å²) in [5.74, 6) is -0.883. The minimum absolute atomic E-state index is 0.0379. The second-order valence-electron chi connectivity index (χ2n) is 5.66. The highest BCUT2D eigenvalue weighted by molar-refractivity contribution is 8.37. The fourth-order valence-corrected chi connectivity index (χ4v) is 7.30. The minimum Gasteiger partial charge on any atom is -0.196 e. The molecule has 1 heterocycles. The van der Waals surface area contributed by atoms with Crippen LogP contribution in [0.2, 0.25) is 0 Å². The number of hydrogen-bond acceptors (Lipinski definition) is 3. The summed E-state index contributed by atoms with van der Waals surface area (Å²) in [6.07, 6.45) is 1.09. The van der Waals surface area contributed by atoms with Crippen molar-refractivity contribution in [3.8, 4) is 0 Å². The number of benzene rings is 1. The molecule has 11 heteroatoms. The Morgan fingerprint density at radius 1 is 1.08 bits per heavy atom. The van der Waals surface area contributed by atoms with Gasteiger partial charge in [0, 0.05) is 20.1 Å². The van der Waals surface area contributed by atoms with E-state index in [1.807, 2.05) is 0 Å². The summed E-state index contributed by atoms with van der Waals surface area (Å²) >= 11 is 0. The molecule has 0 saturated heterocycles. The highest BCUT2D eigenvalue weighted by atomic mass is 32.3. The van der Waals surface area contributed by atoms with Crippen molar-refractivity contribution in [2.45, 2.75) is 36.7 Å². The number of allylic oxidation sites excluding steroid dienone is 1. The zero-order chi connectivity index (χ0) is 19.4. The first-order valence-corrected chi connectivity index (χ1v) is 9.85. The van der Waals surface area contributed by atoms with E-state index in [1.165, 1.54) is 32.9 Å². The van der Waals surface area contributed by atoms with Crippen LogP contribution >= 0.6 is 10.3 Å². The molecule has 1 aliphatic rings. The van der Waals surface area contributed by atoms with Crippen LogP contribution in [0.25, 0.3) is 6.08 Å². The molecule has 2 rings (SSSR count). The van der Waals surface area contributed by atoms with Crippen LogP contribution in [0.3, 0.4) is 0 Å². The van der Waals surface area contributed by atoms with Gasteiger partial charge in [0.1, 0.15) is 0 Å². The van der Waals surface area contributed by atoms with Crippen molar-refractivity contribution in [3.05, 3.63) is 34.2 Å². The number of aryl methyl sites for hydroxylation is 1. The van der Waals surface area contributed by atoms with Crippen LogP contribution in [0.5, 0.6) is 0 Å². The summed E-state index contributed by atoms with van der Waals surface area (Å²) < 4.78 is 107. The molecule has 0 aromatic heterocycles. The molecule has 1 aliphatic heterocycles. The van der Waals surface area contributed by atoms with Gasteiger partial charge in [-0.25, -0.2) is 0 Å². The van der Waals surface area contributed by atoms with Crippen LogP contribution in [-0.2, 0) is 13.7 Å². The van der Waals surface area contributed by atoms with E-state index in [-0.39, 0.29) is 5.56 Å². The second kappa shape index (κ2) is 5.92. The van der Waals surface area contributed by atoms with Crippen LogP contribution in [0, 0.1) is 12.8 Å². The Morgan fingerprint density at radius 3 is 2.08 bits per heavy atom. The summed E-state index contributed by atoms with van der Waals surface area (Å²) in [4.78, 5) is -1.10. The molecule has 1 atom stereocenters. The molecule has 1 aromatic carbocycles. The minimum atomic E-state index is -6.47. The molecule has 0 fully saturated rings. The zero-order valence-corrected chi connectivity index (χ0v) is 14.8. The average molecular weight is 408 g/mol. The smallest absolute Gasteiger partial charge is 0.196 e. The summed E-state index contributed by atoms with van der Waals surface area (Å²) in [6.45, 7) is 4.16. The number of rotatable bonds is 3. The van der Waals surface area contributed by atoms with Crippen molar-refractivity contribution in [1.82, 2.24) is 0 Å². The van der Waals surface area contributed by atoms with Gasteiger partial charge in [-0.2, -0.15) is 38.4 Å². The topological polar surface area (TPSA) is 43.4 Å². The van der Waals surface area contributed by atoms with Gasteiger partial charge in [0.2, 0.25) is 0 Å². The van der Waals surface area contributed by atoms with Crippen molar-refractivity contribution in [2.24, 2.45) is 5.92 Å². The fraction of sp³-hybridized carbons (Fsp3) is 0.429. The highest BCUT2D eigenvalue weighted by Crippen LogP contribution is 2.79. The standard InChI is InChI=1S/C14H14F6O3S2/c1-8(2)12-7-10-9(3)5-4-6-11(10)24(12,13(15,16)17)23-25(21,22)14(18,19)20/h4-8H,1-3H3. The number of halogens is 6. The van der Waals surface area contributed by atoms with Crippen LogP contribution in [-0.4, -0.2) is 19.4 Å². The molecule has 0 amide bonds. The summed E-state index contributed by atoms with van der Waals surface area (Å²) in [7, 11) is -11.4. The lowest BCUT2D eigenvalue weighted by Crippen LogP contribution is -2.33. The quantitative estimate of drug-likeness (QED) is 0.492. The molecule has 0 aliphatic carbocycles. The monoisotopic (exact) mass is 408 g/mol. The van der Waals surface area contributed by atoms with Gasteiger partial charge in [0.15, 0.2) is 0 Å². The number of fused-ring (bicyclic) bond motifs is 1. The van der Waals surface area contributed by atoms with Gasteiger partial charge in [-0.3, -0.25) is 0 Å². The Morgan fingerprint density at radius 2 is 1.64 bits per heavy atom. The normalized spacial score (nSPS) is 24.0. The lowest BCUT2D eigenvalue weighted by Gasteiger charge is -2.40. The van der Waals surface area contributed by atoms with Crippen molar-refractivity contribution in [1.29, 1.82) is 0 Å². The van der Waals surface area contributed by atoms with E-state index in [0.717, 1.165) is 12.1 Å². The van der Waals surface area contributed by atoms with Crippen LogP contribution in [0.4, 0.5) is 26.3 Å².